The number of fused-ring (bicyclic) bond motifs is 1. The summed E-state index contributed by atoms with van der Waals surface area (Å²) in [7, 11) is -3.87. The molecule has 33 heavy (non-hydrogen) atoms. The second-order valence-corrected chi connectivity index (χ2v) is 12.2. The van der Waals surface area contributed by atoms with E-state index < -0.39 is 21.3 Å². The molecule has 0 saturated carbocycles. The van der Waals surface area contributed by atoms with Crippen LogP contribution in [0.3, 0.4) is 0 Å². The van der Waals surface area contributed by atoms with E-state index in [1.165, 1.54) is 24.3 Å². The lowest BCUT2D eigenvalue weighted by atomic mass is 9.78. The Labute approximate surface area is 207 Å². The zero-order valence-electron chi connectivity index (χ0n) is 18.3. The molecule has 0 aliphatic rings. The highest BCUT2D eigenvalue weighted by Crippen LogP contribution is 2.40. The zero-order chi connectivity index (χ0) is 24.0. The topological polar surface area (TPSA) is 37.4 Å². The van der Waals surface area contributed by atoms with Crippen molar-refractivity contribution in [3.8, 4) is 0 Å². The van der Waals surface area contributed by atoms with Crippen molar-refractivity contribution in [3.05, 3.63) is 93.0 Å². The molecule has 0 saturated heterocycles. The second kappa shape index (κ2) is 8.91. The summed E-state index contributed by atoms with van der Waals surface area (Å²) in [6, 6.07) is 17.4. The molecule has 0 amide bonds. The largest absolute Gasteiger partial charge is 0.239 e. The van der Waals surface area contributed by atoms with E-state index in [9.17, 15) is 8.42 Å². The summed E-state index contributed by atoms with van der Waals surface area (Å²) in [6.07, 6.45) is 0. The molecule has 0 radical (unpaired) electrons. The Morgan fingerprint density at radius 2 is 1.64 bits per heavy atom. The van der Waals surface area contributed by atoms with Crippen LogP contribution in [0.5, 0.6) is 0 Å². The quantitative estimate of drug-likeness (QED) is 0.256. The van der Waals surface area contributed by atoms with Gasteiger partial charge in [0.2, 0.25) is 10.0 Å². The summed E-state index contributed by atoms with van der Waals surface area (Å²) in [6.45, 7) is 5.57. The number of anilines is 2. The van der Waals surface area contributed by atoms with Crippen LogP contribution in [-0.2, 0) is 15.4 Å². The minimum absolute atomic E-state index is 0.0275. The van der Waals surface area contributed by atoms with Gasteiger partial charge in [-0.1, -0.05) is 49.2 Å². The van der Waals surface area contributed by atoms with E-state index in [1.54, 1.807) is 24.3 Å². The number of hydrogen-bond acceptors (Lipinski definition) is 3. The predicted molar refractivity (Wildman–Crippen MR) is 138 cm³/mol. The van der Waals surface area contributed by atoms with Crippen molar-refractivity contribution in [2.75, 3.05) is 10.1 Å². The van der Waals surface area contributed by atoms with Crippen molar-refractivity contribution in [1.82, 2.24) is 0 Å². The Kier molecular flexibility index (Phi) is 6.49. The summed E-state index contributed by atoms with van der Waals surface area (Å²) in [5.41, 5.74) is 1.52. The number of sulfonamides is 1. The Hall–Kier alpha value is -2.12. The van der Waals surface area contributed by atoms with Gasteiger partial charge in [-0.05, 0) is 77.3 Å². The van der Waals surface area contributed by atoms with Crippen LogP contribution in [0.1, 0.15) is 31.9 Å². The molecule has 0 bridgehead atoms. The first kappa shape index (κ1) is 24.0. The Bertz CT molecular complexity index is 1430. The standard InChI is InChI=1S/C25H22Cl2FNO2S2/c1-4-33(30,31)29(23-11-16-9-10-32-24(16)15-22(23)28)21-13-18(12-20(27)14-21)25(2,3)17-5-7-19(26)8-6-17/h5-15H,4H2,1-3H3. The van der Waals surface area contributed by atoms with Crippen LogP contribution in [0.25, 0.3) is 10.1 Å². The van der Waals surface area contributed by atoms with Gasteiger partial charge in [-0.2, -0.15) is 0 Å². The van der Waals surface area contributed by atoms with E-state index in [4.69, 9.17) is 23.2 Å². The molecule has 0 aliphatic carbocycles. The first-order chi connectivity index (χ1) is 15.5. The van der Waals surface area contributed by atoms with Gasteiger partial charge in [-0.25, -0.2) is 17.1 Å². The van der Waals surface area contributed by atoms with Gasteiger partial charge in [0.1, 0.15) is 5.82 Å². The first-order valence-corrected chi connectivity index (χ1v) is 13.5. The Morgan fingerprint density at radius 1 is 0.939 bits per heavy atom. The molecule has 8 heteroatoms. The molecule has 0 spiro atoms. The number of nitrogens with zero attached hydrogens (tertiary/aromatic N) is 1. The van der Waals surface area contributed by atoms with E-state index in [2.05, 4.69) is 0 Å². The summed E-state index contributed by atoms with van der Waals surface area (Å²) in [4.78, 5) is 0. The lowest BCUT2D eigenvalue weighted by Crippen LogP contribution is -2.29. The highest BCUT2D eigenvalue weighted by atomic mass is 35.5. The van der Waals surface area contributed by atoms with Gasteiger partial charge in [0.05, 0.1) is 17.1 Å². The molecule has 0 N–H and O–H groups in total. The van der Waals surface area contributed by atoms with Crippen molar-refractivity contribution >= 4 is 66.0 Å². The first-order valence-electron chi connectivity index (χ1n) is 10.3. The fraction of sp³-hybridized carbons (Fsp3) is 0.200. The van der Waals surface area contributed by atoms with E-state index in [1.807, 2.05) is 49.6 Å². The van der Waals surface area contributed by atoms with Gasteiger partial charge in [-0.15, -0.1) is 11.3 Å². The van der Waals surface area contributed by atoms with E-state index >= 15 is 4.39 Å². The van der Waals surface area contributed by atoms with Crippen molar-refractivity contribution in [1.29, 1.82) is 0 Å². The number of rotatable bonds is 6. The van der Waals surface area contributed by atoms with Gasteiger partial charge >= 0.3 is 0 Å². The van der Waals surface area contributed by atoms with Gasteiger partial charge in [0, 0.05) is 20.2 Å². The summed E-state index contributed by atoms with van der Waals surface area (Å²) >= 11 is 13.9. The van der Waals surface area contributed by atoms with Crippen LogP contribution in [0.15, 0.2) is 66.0 Å². The van der Waals surface area contributed by atoms with Gasteiger partial charge in [-0.3, -0.25) is 0 Å². The molecule has 0 atom stereocenters. The van der Waals surface area contributed by atoms with Crippen molar-refractivity contribution < 1.29 is 12.8 Å². The summed E-state index contributed by atoms with van der Waals surface area (Å²) in [5.74, 6) is -0.809. The van der Waals surface area contributed by atoms with E-state index in [0.29, 0.717) is 10.0 Å². The van der Waals surface area contributed by atoms with Crippen LogP contribution in [-0.4, -0.2) is 14.2 Å². The maximum atomic E-state index is 15.2. The molecular formula is C25H22Cl2FNO2S2. The van der Waals surface area contributed by atoms with Gasteiger partial charge in [0.15, 0.2) is 0 Å². The third-order valence-corrected chi connectivity index (χ3v) is 8.83. The van der Waals surface area contributed by atoms with Crippen LogP contribution in [0, 0.1) is 5.82 Å². The molecule has 0 aliphatic heterocycles. The lowest BCUT2D eigenvalue weighted by molar-refractivity contribution is 0.593. The average molecular weight is 522 g/mol. The number of thiophene rings is 1. The monoisotopic (exact) mass is 521 g/mol. The number of hydrogen-bond donors (Lipinski definition) is 0. The minimum Gasteiger partial charge on any atom is -0.235 e. The maximum absolute atomic E-state index is 15.2. The van der Waals surface area contributed by atoms with Crippen molar-refractivity contribution in [2.45, 2.75) is 26.2 Å². The highest BCUT2D eigenvalue weighted by molar-refractivity contribution is 7.93. The Morgan fingerprint density at radius 3 is 2.30 bits per heavy atom. The predicted octanol–water partition coefficient (Wildman–Crippen LogP) is 8.16. The van der Waals surface area contributed by atoms with E-state index in [0.717, 1.165) is 25.5 Å². The molecular weight excluding hydrogens is 500 g/mol. The Balaban J connectivity index is 1.92. The molecule has 1 heterocycles. The molecule has 3 nitrogen and oxygen atoms in total. The number of halogens is 3. The van der Waals surface area contributed by atoms with Crippen molar-refractivity contribution in [3.63, 3.8) is 0 Å². The normalized spacial score (nSPS) is 12.3. The van der Waals surface area contributed by atoms with Crippen LogP contribution < -0.4 is 4.31 Å². The highest BCUT2D eigenvalue weighted by Gasteiger charge is 2.30. The van der Waals surface area contributed by atoms with Gasteiger partial charge < -0.3 is 0 Å². The molecule has 4 rings (SSSR count). The van der Waals surface area contributed by atoms with Gasteiger partial charge in [0.25, 0.3) is 0 Å². The third kappa shape index (κ3) is 4.62. The van der Waals surface area contributed by atoms with E-state index in [-0.39, 0.29) is 17.1 Å². The lowest BCUT2D eigenvalue weighted by Gasteiger charge is -2.30. The van der Waals surface area contributed by atoms with Crippen LogP contribution >= 0.6 is 34.5 Å². The summed E-state index contributed by atoms with van der Waals surface area (Å²) < 4.78 is 43.4. The maximum Gasteiger partial charge on any atom is 0.239 e. The van der Waals surface area contributed by atoms with Crippen molar-refractivity contribution in [2.24, 2.45) is 0 Å². The third-order valence-electron chi connectivity index (χ3n) is 5.79. The zero-order valence-corrected chi connectivity index (χ0v) is 21.4. The molecule has 0 unspecified atom stereocenters. The smallest absolute Gasteiger partial charge is 0.235 e. The average Bonchev–Trinajstić information content (AvgIpc) is 3.21. The molecule has 0 fully saturated rings. The van der Waals surface area contributed by atoms with Crippen LogP contribution in [0.4, 0.5) is 15.8 Å². The number of benzene rings is 3. The fourth-order valence-corrected chi connectivity index (χ4v) is 6.07. The minimum atomic E-state index is -3.87. The fourth-order valence-electron chi connectivity index (χ4n) is 3.79. The van der Waals surface area contributed by atoms with Crippen LogP contribution in [0.2, 0.25) is 10.0 Å². The second-order valence-electron chi connectivity index (χ2n) is 8.26. The molecule has 1 aromatic heterocycles. The molecule has 3 aromatic carbocycles. The molecule has 4 aromatic rings. The molecule has 172 valence electrons. The SMILES string of the molecule is CCS(=O)(=O)N(c1cc(Cl)cc(C(C)(C)c2ccc(Cl)cc2)c1)c1cc2ccsc2cc1F. The summed E-state index contributed by atoms with van der Waals surface area (Å²) in [5, 5.41) is 3.61.